The maximum absolute atomic E-state index is 12.7. The molecule has 2 saturated heterocycles. The highest BCUT2D eigenvalue weighted by molar-refractivity contribution is 7.99. The zero-order valence-electron chi connectivity index (χ0n) is 21.1. The van der Waals surface area contributed by atoms with Gasteiger partial charge < -0.3 is 10.2 Å². The number of hydrogen-bond acceptors (Lipinski definition) is 8. The van der Waals surface area contributed by atoms with Gasteiger partial charge in [-0.1, -0.05) is 18.7 Å². The van der Waals surface area contributed by atoms with Crippen molar-refractivity contribution in [2.24, 2.45) is 0 Å². The van der Waals surface area contributed by atoms with Crippen molar-refractivity contribution in [3.05, 3.63) is 36.0 Å². The number of fused-ring (bicyclic) bond motifs is 1. The van der Waals surface area contributed by atoms with Crippen LogP contribution >= 0.6 is 11.8 Å². The fourth-order valence-electron chi connectivity index (χ4n) is 4.86. The molecule has 2 aliphatic rings. The minimum absolute atomic E-state index is 0.221. The summed E-state index contributed by atoms with van der Waals surface area (Å²) in [5.74, 6) is 1.57. The molecule has 4 heterocycles. The van der Waals surface area contributed by atoms with Crippen LogP contribution in [-0.2, 0) is 16.6 Å². The van der Waals surface area contributed by atoms with Crippen LogP contribution in [-0.4, -0.2) is 76.9 Å². The first-order valence-corrected chi connectivity index (χ1v) is 15.4. The number of piperidine rings is 1. The molecule has 0 spiro atoms. The van der Waals surface area contributed by atoms with Crippen molar-refractivity contribution in [1.29, 1.82) is 0 Å². The Morgan fingerprint density at radius 3 is 2.41 bits per heavy atom. The number of sulfonamides is 1. The van der Waals surface area contributed by atoms with Gasteiger partial charge in [0.2, 0.25) is 10.0 Å². The van der Waals surface area contributed by atoms with E-state index in [2.05, 4.69) is 22.2 Å². The number of rotatable bonds is 9. The van der Waals surface area contributed by atoms with E-state index < -0.39 is 10.0 Å². The van der Waals surface area contributed by atoms with E-state index in [9.17, 15) is 13.2 Å². The van der Waals surface area contributed by atoms with Gasteiger partial charge in [0.15, 0.2) is 10.8 Å². The second kappa shape index (κ2) is 11.4. The summed E-state index contributed by atoms with van der Waals surface area (Å²) >= 11 is 1.61. The largest absolute Gasteiger partial charge is 0.356 e. The molecule has 1 amide bonds. The molecule has 1 aromatic carbocycles. The molecule has 0 bridgehead atoms. The lowest BCUT2D eigenvalue weighted by atomic mass is 10.1. The van der Waals surface area contributed by atoms with Crippen LogP contribution in [0.1, 0.15) is 49.4 Å². The van der Waals surface area contributed by atoms with Crippen molar-refractivity contribution in [3.8, 4) is 0 Å². The maximum Gasteiger partial charge on any atom is 0.251 e. The van der Waals surface area contributed by atoms with Gasteiger partial charge in [0.25, 0.3) is 5.91 Å². The van der Waals surface area contributed by atoms with Crippen LogP contribution in [0.15, 0.2) is 40.5 Å². The van der Waals surface area contributed by atoms with E-state index in [-0.39, 0.29) is 10.8 Å². The topological polar surface area (TPSA) is 113 Å². The minimum Gasteiger partial charge on any atom is -0.356 e. The molecule has 198 valence electrons. The number of carbonyl (C=O) groups is 1. The van der Waals surface area contributed by atoms with Gasteiger partial charge in [-0.05, 0) is 62.1 Å². The molecule has 1 N–H and O–H groups in total. The number of nitrogens with one attached hydrogen (secondary N) is 1. The lowest BCUT2D eigenvalue weighted by Gasteiger charge is -2.28. The highest BCUT2D eigenvalue weighted by atomic mass is 32.2. The van der Waals surface area contributed by atoms with E-state index in [1.165, 1.54) is 22.9 Å². The first-order chi connectivity index (χ1) is 18.0. The molecular weight excluding hydrogens is 510 g/mol. The van der Waals surface area contributed by atoms with Crippen molar-refractivity contribution in [2.45, 2.75) is 55.6 Å². The van der Waals surface area contributed by atoms with Gasteiger partial charge in [-0.15, -0.1) is 0 Å². The third-order valence-corrected chi connectivity index (χ3v) is 9.46. The normalized spacial score (nSPS) is 16.9. The lowest BCUT2D eigenvalue weighted by molar-refractivity contribution is 0.0952. The number of amides is 1. The first kappa shape index (κ1) is 25.9. The van der Waals surface area contributed by atoms with E-state index in [0.717, 1.165) is 66.5 Å². The van der Waals surface area contributed by atoms with Crippen LogP contribution in [0.3, 0.4) is 0 Å². The molecule has 2 fully saturated rings. The van der Waals surface area contributed by atoms with Gasteiger partial charge in [0, 0.05) is 38.3 Å². The average molecular weight is 544 g/mol. The summed E-state index contributed by atoms with van der Waals surface area (Å²) < 4.78 is 28.8. The van der Waals surface area contributed by atoms with Crippen LogP contribution < -0.4 is 10.2 Å². The predicted octanol–water partition coefficient (Wildman–Crippen LogP) is 3.14. The van der Waals surface area contributed by atoms with Crippen LogP contribution in [0.25, 0.3) is 11.0 Å². The van der Waals surface area contributed by atoms with Gasteiger partial charge in [-0.25, -0.2) is 23.1 Å². The monoisotopic (exact) mass is 543 g/mol. The smallest absolute Gasteiger partial charge is 0.251 e. The number of nitrogens with zero attached hydrogens (tertiary/aromatic N) is 6. The predicted molar refractivity (Wildman–Crippen MR) is 145 cm³/mol. The average Bonchev–Trinajstić information content (AvgIpc) is 3.60. The first-order valence-electron chi connectivity index (χ1n) is 13.0. The Labute approximate surface area is 221 Å². The molecule has 0 saturated carbocycles. The van der Waals surface area contributed by atoms with Crippen molar-refractivity contribution in [3.63, 3.8) is 0 Å². The quantitative estimate of drug-likeness (QED) is 0.324. The fraction of sp³-hybridized carbons (Fsp3) is 0.520. The molecule has 12 heteroatoms. The molecule has 0 aliphatic carbocycles. The van der Waals surface area contributed by atoms with Crippen LogP contribution in [0.4, 0.5) is 5.82 Å². The van der Waals surface area contributed by atoms with Crippen molar-refractivity contribution in [1.82, 2.24) is 29.4 Å². The van der Waals surface area contributed by atoms with E-state index in [1.54, 1.807) is 23.9 Å². The van der Waals surface area contributed by atoms with Gasteiger partial charge in [0.1, 0.15) is 5.82 Å². The summed E-state index contributed by atoms with van der Waals surface area (Å²) in [7, 11) is -3.50. The molecule has 37 heavy (non-hydrogen) atoms. The Balaban J connectivity index is 1.26. The van der Waals surface area contributed by atoms with Gasteiger partial charge in [0.05, 0.1) is 23.0 Å². The molecule has 2 aliphatic heterocycles. The fourth-order valence-corrected chi connectivity index (χ4v) is 6.94. The van der Waals surface area contributed by atoms with Crippen LogP contribution in [0, 0.1) is 0 Å². The summed E-state index contributed by atoms with van der Waals surface area (Å²) in [6, 6.07) is 6.15. The molecule has 10 nitrogen and oxygen atoms in total. The molecule has 5 rings (SSSR count). The summed E-state index contributed by atoms with van der Waals surface area (Å²) in [4.78, 5) is 24.9. The van der Waals surface area contributed by atoms with Crippen LogP contribution in [0.5, 0.6) is 0 Å². The number of hydrogen-bond donors (Lipinski definition) is 1. The number of carbonyl (C=O) groups excluding carboxylic acids is 1. The second-order valence-electron chi connectivity index (χ2n) is 9.31. The van der Waals surface area contributed by atoms with E-state index >= 15 is 0 Å². The Hall–Kier alpha value is -2.70. The molecule has 3 aromatic rings. The SMILES string of the molecule is CCSc1nc(N2CCCCC2)c2cnn(CCNC(=O)c3ccc(S(=O)(=O)N4CCCC4)cc3)c2n1. The Kier molecular flexibility index (Phi) is 7.96. The summed E-state index contributed by atoms with van der Waals surface area (Å²) in [6.07, 6.45) is 7.16. The highest BCUT2D eigenvalue weighted by Gasteiger charge is 2.27. The number of anilines is 1. The van der Waals surface area contributed by atoms with Crippen LogP contribution in [0.2, 0.25) is 0 Å². The summed E-state index contributed by atoms with van der Waals surface area (Å²) in [5, 5.41) is 9.14. The Morgan fingerprint density at radius 2 is 1.70 bits per heavy atom. The van der Waals surface area contributed by atoms with E-state index in [1.807, 2.05) is 10.9 Å². The molecule has 0 unspecified atom stereocenters. The van der Waals surface area contributed by atoms with Gasteiger partial charge >= 0.3 is 0 Å². The Morgan fingerprint density at radius 1 is 1.00 bits per heavy atom. The Bertz CT molecular complexity index is 1350. The maximum atomic E-state index is 12.7. The standard InChI is InChI=1S/C25H33N7O3S2/c1-2-36-25-28-22(30-13-4-3-5-14-30)21-18-27-32(23(21)29-25)17-12-26-24(33)19-8-10-20(11-9-19)37(34,35)31-15-6-7-16-31/h8-11,18H,2-7,12-17H2,1H3,(H,26,33). The van der Waals surface area contributed by atoms with E-state index in [4.69, 9.17) is 9.97 Å². The lowest BCUT2D eigenvalue weighted by Crippen LogP contribution is -2.30. The number of thioether (sulfide) groups is 1. The zero-order valence-corrected chi connectivity index (χ0v) is 22.7. The summed E-state index contributed by atoms with van der Waals surface area (Å²) in [5.41, 5.74) is 1.19. The van der Waals surface area contributed by atoms with Gasteiger partial charge in [-0.3, -0.25) is 4.79 Å². The highest BCUT2D eigenvalue weighted by Crippen LogP contribution is 2.29. The summed E-state index contributed by atoms with van der Waals surface area (Å²) in [6.45, 7) is 5.99. The molecule has 0 atom stereocenters. The molecule has 0 radical (unpaired) electrons. The third kappa shape index (κ3) is 5.60. The number of aromatic nitrogens is 4. The molecular formula is C25H33N7O3S2. The van der Waals surface area contributed by atoms with E-state index in [0.29, 0.717) is 31.7 Å². The second-order valence-corrected chi connectivity index (χ2v) is 12.5. The van der Waals surface area contributed by atoms with Crippen molar-refractivity contribution < 1.29 is 13.2 Å². The third-order valence-electron chi connectivity index (χ3n) is 6.81. The number of benzene rings is 1. The van der Waals surface area contributed by atoms with Gasteiger partial charge in [-0.2, -0.15) is 9.40 Å². The molecule has 2 aromatic heterocycles. The van der Waals surface area contributed by atoms with Crippen molar-refractivity contribution >= 4 is 44.5 Å². The minimum atomic E-state index is -3.50. The zero-order chi connectivity index (χ0) is 25.8. The van der Waals surface area contributed by atoms with Crippen molar-refractivity contribution in [2.75, 3.05) is 43.4 Å².